The molecule has 9 nitrogen and oxygen atoms in total. The molecule has 0 aromatic heterocycles. The molecule has 2 unspecified atom stereocenters. The third kappa shape index (κ3) is 13.3. The number of amides is 1. The van der Waals surface area contributed by atoms with Gasteiger partial charge in [0.2, 0.25) is 5.91 Å². The lowest BCUT2D eigenvalue weighted by Gasteiger charge is -2.43. The molecule has 5 rings (SSSR count). The molecule has 49 heavy (non-hydrogen) atoms. The second-order valence-corrected chi connectivity index (χ2v) is 14.9. The zero-order valence-electron chi connectivity index (χ0n) is 30.9. The Morgan fingerprint density at radius 2 is 1.69 bits per heavy atom. The van der Waals surface area contributed by atoms with Crippen molar-refractivity contribution >= 4 is 17.8 Å². The van der Waals surface area contributed by atoms with E-state index in [9.17, 15) is 19.5 Å². The lowest BCUT2D eigenvalue weighted by molar-refractivity contribution is -0.162. The molecule has 1 amide bonds. The molecule has 3 saturated heterocycles. The zero-order valence-corrected chi connectivity index (χ0v) is 30.9. The van der Waals surface area contributed by atoms with E-state index in [1.54, 1.807) is 0 Å². The maximum Gasteiger partial charge on any atom is 0.308 e. The molecule has 278 valence electrons. The van der Waals surface area contributed by atoms with Crippen LogP contribution in [-0.4, -0.2) is 66.7 Å². The normalized spacial score (nSPS) is 33.1. The van der Waals surface area contributed by atoms with Crippen molar-refractivity contribution in [2.45, 2.75) is 155 Å². The molecule has 5 aliphatic rings. The Labute approximate surface area is 295 Å². The molecule has 0 bridgehead atoms. The van der Waals surface area contributed by atoms with Gasteiger partial charge in [-0.25, -0.2) is 0 Å². The predicted octanol–water partition coefficient (Wildman–Crippen LogP) is 7.15. The molecule has 9 heteroatoms. The average Bonchev–Trinajstić information content (AvgIpc) is 3.08. The second kappa shape index (κ2) is 21.0. The van der Waals surface area contributed by atoms with E-state index < -0.39 is 6.10 Å². The number of esters is 2. The number of carbonyl (C=O) groups is 3. The number of rotatable bonds is 10. The standard InChI is InChI=1S/C24H36O5.C12H20O2.C4H9NO/c1-5-15(3)24(27)29-21-11-14(2)10-17-7-6-16(4)20(23(17)21)9-8-19-12-18(25)13-22(26)28-19;1-10(11-6-2-4-8-13-11)12-7-3-5-9-14-12;1-2-3-4(5)6/h6-7,10,14-16,18-21,23,25H,5,8-9,11-13H2,1-4H3;11-12H,1-9H2;2-3H2,1H3,(H2,5,6)/t14-,15-,16-,18+,19-,20-,21-,23-;;/m0../s1. The highest BCUT2D eigenvalue weighted by atomic mass is 16.6. The predicted molar refractivity (Wildman–Crippen MR) is 191 cm³/mol. The number of nitrogens with two attached hydrogens (primary N) is 1. The van der Waals surface area contributed by atoms with Crippen LogP contribution in [0.4, 0.5) is 0 Å². The monoisotopic (exact) mass is 687 g/mol. The van der Waals surface area contributed by atoms with Gasteiger partial charge < -0.3 is 29.8 Å². The van der Waals surface area contributed by atoms with E-state index in [0.29, 0.717) is 30.6 Å². The van der Waals surface area contributed by atoms with Crippen LogP contribution in [0.1, 0.15) is 125 Å². The van der Waals surface area contributed by atoms with Crippen molar-refractivity contribution in [3.63, 3.8) is 0 Å². The van der Waals surface area contributed by atoms with Crippen LogP contribution in [-0.2, 0) is 33.3 Å². The van der Waals surface area contributed by atoms with Crippen LogP contribution in [0.25, 0.3) is 0 Å². The van der Waals surface area contributed by atoms with Gasteiger partial charge in [-0.05, 0) is 99.5 Å². The third-order valence-electron chi connectivity index (χ3n) is 10.6. The fourth-order valence-electron chi connectivity index (χ4n) is 7.59. The summed E-state index contributed by atoms with van der Waals surface area (Å²) in [4.78, 5) is 34.0. The van der Waals surface area contributed by atoms with Gasteiger partial charge in [-0.3, -0.25) is 14.4 Å². The molecular weight excluding hydrogens is 622 g/mol. The molecule has 3 fully saturated rings. The minimum Gasteiger partial charge on any atom is -0.462 e. The maximum absolute atomic E-state index is 12.5. The lowest BCUT2D eigenvalue weighted by Crippen LogP contribution is -2.42. The van der Waals surface area contributed by atoms with Crippen LogP contribution in [0.3, 0.4) is 0 Å². The summed E-state index contributed by atoms with van der Waals surface area (Å²) in [6, 6.07) is 0. The highest BCUT2D eigenvalue weighted by molar-refractivity contribution is 5.73. The van der Waals surface area contributed by atoms with Crippen LogP contribution in [0.15, 0.2) is 36.0 Å². The minimum atomic E-state index is -0.597. The first-order valence-corrected chi connectivity index (χ1v) is 19.1. The van der Waals surface area contributed by atoms with Crippen molar-refractivity contribution in [2.75, 3.05) is 13.2 Å². The summed E-state index contributed by atoms with van der Waals surface area (Å²) in [5.74, 6) is 0.544. The van der Waals surface area contributed by atoms with Gasteiger partial charge in [-0.15, -0.1) is 0 Å². The van der Waals surface area contributed by atoms with Gasteiger partial charge in [0.25, 0.3) is 0 Å². The first-order chi connectivity index (χ1) is 23.4. The molecule has 2 aliphatic carbocycles. The number of aliphatic hydroxyl groups is 1. The Hall–Kier alpha value is -2.49. The smallest absolute Gasteiger partial charge is 0.308 e. The summed E-state index contributed by atoms with van der Waals surface area (Å²) >= 11 is 0. The highest BCUT2D eigenvalue weighted by Crippen LogP contribution is 2.45. The van der Waals surface area contributed by atoms with Gasteiger partial charge in [0, 0.05) is 32.0 Å². The summed E-state index contributed by atoms with van der Waals surface area (Å²) in [5, 5.41) is 9.89. The number of ether oxygens (including phenoxy) is 4. The Morgan fingerprint density at radius 1 is 1.04 bits per heavy atom. The number of allylic oxidation sites excluding steroid dienone is 3. The Morgan fingerprint density at radius 3 is 2.20 bits per heavy atom. The van der Waals surface area contributed by atoms with Crippen LogP contribution in [0.5, 0.6) is 0 Å². The van der Waals surface area contributed by atoms with Crippen LogP contribution in [0, 0.1) is 29.6 Å². The molecular formula is C40H65NO8. The van der Waals surface area contributed by atoms with E-state index in [0.717, 1.165) is 58.2 Å². The Kier molecular flexibility index (Phi) is 17.6. The van der Waals surface area contributed by atoms with E-state index in [1.165, 1.54) is 36.8 Å². The summed E-state index contributed by atoms with van der Waals surface area (Å²) in [5.41, 5.74) is 7.22. The number of carbonyl (C=O) groups excluding carboxylic acids is 3. The molecule has 3 aliphatic heterocycles. The largest absolute Gasteiger partial charge is 0.462 e. The van der Waals surface area contributed by atoms with E-state index in [-0.39, 0.29) is 60.5 Å². The SMILES string of the molecule is C=C(C1CCCCO1)C1CCCCO1.CCCC(N)=O.CC[C@H](C)C(=O)O[C@H]1C[C@@H](C)C=C2C=C[C@H](C)[C@H](CC[C@H]3C[C@@H](O)CC(=O)O3)[C@H]21. The van der Waals surface area contributed by atoms with Crippen molar-refractivity contribution < 1.29 is 38.4 Å². The van der Waals surface area contributed by atoms with Crippen molar-refractivity contribution in [1.29, 1.82) is 0 Å². The lowest BCUT2D eigenvalue weighted by atomic mass is 9.65. The number of primary amides is 1. The number of hydrogen-bond donors (Lipinski definition) is 2. The van der Waals surface area contributed by atoms with Crippen LogP contribution in [0.2, 0.25) is 0 Å². The summed E-state index contributed by atoms with van der Waals surface area (Å²) < 4.78 is 22.9. The summed E-state index contributed by atoms with van der Waals surface area (Å²) in [6.45, 7) is 16.2. The molecule has 3 heterocycles. The van der Waals surface area contributed by atoms with Gasteiger partial charge in [0.15, 0.2) is 0 Å². The highest BCUT2D eigenvalue weighted by Gasteiger charge is 2.42. The van der Waals surface area contributed by atoms with Gasteiger partial charge >= 0.3 is 11.9 Å². The van der Waals surface area contributed by atoms with Crippen molar-refractivity contribution in [3.8, 4) is 0 Å². The molecule has 0 spiro atoms. The fraction of sp³-hybridized carbons (Fsp3) is 0.775. The minimum absolute atomic E-state index is 0.0854. The van der Waals surface area contributed by atoms with Crippen molar-refractivity contribution in [2.24, 2.45) is 35.3 Å². The van der Waals surface area contributed by atoms with Crippen LogP contribution >= 0.6 is 0 Å². The van der Waals surface area contributed by atoms with Crippen LogP contribution < -0.4 is 5.73 Å². The average molecular weight is 688 g/mol. The van der Waals surface area contributed by atoms with Gasteiger partial charge in [0.05, 0.1) is 30.7 Å². The number of fused-ring (bicyclic) bond motifs is 1. The van der Waals surface area contributed by atoms with E-state index in [4.69, 9.17) is 24.7 Å². The van der Waals surface area contributed by atoms with Gasteiger partial charge in [-0.1, -0.05) is 59.4 Å². The third-order valence-corrected chi connectivity index (χ3v) is 10.6. The Bertz CT molecular complexity index is 1100. The molecule has 0 radical (unpaired) electrons. The topological polar surface area (TPSA) is 134 Å². The van der Waals surface area contributed by atoms with Gasteiger partial charge in [0.1, 0.15) is 12.2 Å². The summed E-state index contributed by atoms with van der Waals surface area (Å²) in [7, 11) is 0. The van der Waals surface area contributed by atoms with E-state index >= 15 is 0 Å². The van der Waals surface area contributed by atoms with Gasteiger partial charge in [-0.2, -0.15) is 0 Å². The summed E-state index contributed by atoms with van der Waals surface area (Å²) in [6.07, 6.45) is 18.8. The zero-order chi connectivity index (χ0) is 35.9. The van der Waals surface area contributed by atoms with Crippen molar-refractivity contribution in [1.82, 2.24) is 0 Å². The Balaban J connectivity index is 0.000000267. The first-order valence-electron chi connectivity index (χ1n) is 19.1. The van der Waals surface area contributed by atoms with E-state index in [1.807, 2.05) is 20.8 Å². The first kappa shape index (κ1) is 40.9. The molecule has 0 saturated carbocycles. The fourth-order valence-corrected chi connectivity index (χ4v) is 7.59. The number of hydrogen-bond acceptors (Lipinski definition) is 8. The van der Waals surface area contributed by atoms with E-state index in [2.05, 4.69) is 38.7 Å². The number of cyclic esters (lactones) is 1. The molecule has 0 aromatic rings. The maximum atomic E-state index is 12.5. The second-order valence-electron chi connectivity index (χ2n) is 14.9. The molecule has 3 N–H and O–H groups in total. The van der Waals surface area contributed by atoms with Crippen molar-refractivity contribution in [3.05, 3.63) is 36.0 Å². The quantitative estimate of drug-likeness (QED) is 0.183. The number of aliphatic hydroxyl groups excluding tert-OH is 1. The molecule has 0 aromatic carbocycles. The molecule has 10 atom stereocenters.